The molecule has 2 saturated heterocycles. The Kier molecular flexibility index (Phi) is 4.66. The number of ether oxygens (including phenoxy) is 2. The molecular formula is C22H34N3O4+. The second kappa shape index (κ2) is 6.98. The molecule has 0 saturated carbocycles. The van der Waals surface area contributed by atoms with E-state index in [1.165, 1.54) is 0 Å². The minimum Gasteiger partial charge on any atom is -0.481 e. The van der Waals surface area contributed by atoms with Crippen LogP contribution in [-0.4, -0.2) is 57.4 Å². The first-order valence-electron chi connectivity index (χ1n) is 11.4. The summed E-state index contributed by atoms with van der Waals surface area (Å²) in [5.41, 5.74) is -1.24. The average Bonchev–Trinajstić information content (AvgIpc) is 2.96. The molecule has 7 heteroatoms. The number of carbonyl (C=O) groups is 1. The standard InChI is InChI=1S/C22H33N3O4/c1-3-16-8-4-5-11-21(29-16)13-15-9-10-17-18(19(26)27)22(12-6-7-14(2)28-22)24-20(23-21)25(15)17/h4,8,14-18H,3,5-7,9-13H2,1-2H3,(H2,23,24,26,27)/p+1/t14-,15+,16+,17+,18-,21+,22-/m1/s1. The van der Waals surface area contributed by atoms with E-state index in [9.17, 15) is 9.90 Å². The quantitative estimate of drug-likeness (QED) is 0.484. The highest BCUT2D eigenvalue weighted by atomic mass is 16.5. The molecule has 3 N–H and O–H groups in total. The molecule has 0 aromatic carbocycles. The lowest BCUT2D eigenvalue weighted by molar-refractivity contribution is -0.609. The third kappa shape index (κ3) is 3.08. The average molecular weight is 405 g/mol. The number of hydrogen-bond acceptors (Lipinski definition) is 5. The summed E-state index contributed by atoms with van der Waals surface area (Å²) in [6.45, 7) is 4.21. The lowest BCUT2D eigenvalue weighted by Crippen LogP contribution is -2.76. The van der Waals surface area contributed by atoms with Crippen molar-refractivity contribution < 1.29 is 24.0 Å². The van der Waals surface area contributed by atoms with Gasteiger partial charge in [-0.25, -0.2) is 10.6 Å². The van der Waals surface area contributed by atoms with Crippen molar-refractivity contribution in [3.8, 4) is 0 Å². The molecule has 0 aromatic rings. The van der Waals surface area contributed by atoms with Crippen LogP contribution in [0.5, 0.6) is 0 Å². The van der Waals surface area contributed by atoms with E-state index >= 15 is 0 Å². The first kappa shape index (κ1) is 19.4. The zero-order valence-corrected chi connectivity index (χ0v) is 17.5. The molecule has 29 heavy (non-hydrogen) atoms. The van der Waals surface area contributed by atoms with Gasteiger partial charge in [-0.05, 0) is 45.4 Å². The van der Waals surface area contributed by atoms with Crippen molar-refractivity contribution in [2.45, 2.75) is 107 Å². The van der Waals surface area contributed by atoms with E-state index in [1.807, 2.05) is 0 Å². The SMILES string of the molecule is CC[C@H]1C=CCC[C@@]2(C[C@@H]3CC[C@H]4[C@H](C(=O)O)[C@]5(CCC[C@@H](C)O5)NC(=[N+]34)N2)O1. The van der Waals surface area contributed by atoms with E-state index in [1.54, 1.807) is 0 Å². The normalized spacial score (nSPS) is 46.2. The van der Waals surface area contributed by atoms with Gasteiger partial charge in [0.2, 0.25) is 5.72 Å². The monoisotopic (exact) mass is 404 g/mol. The van der Waals surface area contributed by atoms with E-state index in [0.717, 1.165) is 63.7 Å². The first-order valence-corrected chi connectivity index (χ1v) is 11.4. The molecule has 5 rings (SSSR count). The maximum atomic E-state index is 12.4. The summed E-state index contributed by atoms with van der Waals surface area (Å²) >= 11 is 0. The van der Waals surface area contributed by atoms with Crippen LogP contribution in [0.4, 0.5) is 0 Å². The van der Waals surface area contributed by atoms with Crippen LogP contribution in [0, 0.1) is 5.92 Å². The second-order valence-electron chi connectivity index (χ2n) is 9.56. The highest BCUT2D eigenvalue weighted by Gasteiger charge is 2.64. The lowest BCUT2D eigenvalue weighted by Gasteiger charge is -2.50. The summed E-state index contributed by atoms with van der Waals surface area (Å²) < 4.78 is 15.3. The van der Waals surface area contributed by atoms with Crippen LogP contribution >= 0.6 is 0 Å². The fraction of sp³-hybridized carbons (Fsp3) is 0.818. The smallest absolute Gasteiger partial charge is 0.350 e. The third-order valence-corrected chi connectivity index (χ3v) is 7.61. The predicted octanol–water partition coefficient (Wildman–Crippen LogP) is 2.31. The molecule has 7 atom stereocenters. The van der Waals surface area contributed by atoms with Crippen molar-refractivity contribution in [3.05, 3.63) is 12.2 Å². The molecule has 2 fully saturated rings. The summed E-state index contributed by atoms with van der Waals surface area (Å²) in [5.74, 6) is -0.389. The molecule has 0 bridgehead atoms. The van der Waals surface area contributed by atoms with Crippen molar-refractivity contribution in [3.63, 3.8) is 0 Å². The predicted molar refractivity (Wildman–Crippen MR) is 107 cm³/mol. The van der Waals surface area contributed by atoms with Crippen LogP contribution in [0.15, 0.2) is 12.2 Å². The number of nitrogens with zero attached hydrogens (tertiary/aromatic N) is 1. The van der Waals surface area contributed by atoms with Crippen LogP contribution < -0.4 is 10.6 Å². The van der Waals surface area contributed by atoms with Crippen LogP contribution in [0.25, 0.3) is 0 Å². The van der Waals surface area contributed by atoms with Gasteiger partial charge in [-0.2, -0.15) is 0 Å². The second-order valence-corrected chi connectivity index (χ2v) is 9.56. The molecule has 5 heterocycles. The Labute approximate surface area is 172 Å². The molecule has 5 aliphatic rings. The van der Waals surface area contributed by atoms with Gasteiger partial charge in [0.15, 0.2) is 11.6 Å². The van der Waals surface area contributed by atoms with Gasteiger partial charge < -0.3 is 14.6 Å². The summed E-state index contributed by atoms with van der Waals surface area (Å²) in [5, 5.41) is 17.5. The zero-order valence-electron chi connectivity index (χ0n) is 17.5. The van der Waals surface area contributed by atoms with E-state index < -0.39 is 23.3 Å². The van der Waals surface area contributed by atoms with E-state index in [-0.39, 0.29) is 18.2 Å². The Hall–Kier alpha value is -1.60. The van der Waals surface area contributed by atoms with Crippen LogP contribution in [-0.2, 0) is 14.3 Å². The topological polar surface area (TPSA) is 82.8 Å². The minimum absolute atomic E-state index is 0.0326. The van der Waals surface area contributed by atoms with Gasteiger partial charge in [-0.1, -0.05) is 19.1 Å². The Morgan fingerprint density at radius 1 is 1.28 bits per heavy atom. The largest absolute Gasteiger partial charge is 0.481 e. The van der Waals surface area contributed by atoms with Crippen molar-refractivity contribution in [1.29, 1.82) is 0 Å². The molecule has 7 nitrogen and oxygen atoms in total. The lowest BCUT2D eigenvalue weighted by atomic mass is 9.80. The Balaban J connectivity index is 1.52. The number of nitrogens with one attached hydrogen (secondary N) is 2. The molecule has 0 aliphatic carbocycles. The molecular weight excluding hydrogens is 370 g/mol. The summed E-state index contributed by atoms with van der Waals surface area (Å²) in [6.07, 6.45) is 12.9. The number of carboxylic acid groups (broad SMARTS) is 1. The summed E-state index contributed by atoms with van der Waals surface area (Å²) in [7, 11) is 0. The van der Waals surface area contributed by atoms with Crippen LogP contribution in [0.1, 0.15) is 71.6 Å². The van der Waals surface area contributed by atoms with Gasteiger partial charge in [-0.3, -0.25) is 9.37 Å². The highest BCUT2D eigenvalue weighted by molar-refractivity contribution is 5.81. The molecule has 0 unspecified atom stereocenters. The highest BCUT2D eigenvalue weighted by Crippen LogP contribution is 2.45. The molecule has 0 amide bonds. The van der Waals surface area contributed by atoms with Gasteiger partial charge in [0.1, 0.15) is 0 Å². The maximum absolute atomic E-state index is 12.4. The van der Waals surface area contributed by atoms with Gasteiger partial charge >= 0.3 is 11.9 Å². The van der Waals surface area contributed by atoms with Crippen molar-refractivity contribution in [2.24, 2.45) is 5.92 Å². The molecule has 160 valence electrons. The van der Waals surface area contributed by atoms with Crippen LogP contribution in [0.3, 0.4) is 0 Å². The van der Waals surface area contributed by atoms with Gasteiger partial charge in [0.25, 0.3) is 0 Å². The Morgan fingerprint density at radius 2 is 2.14 bits per heavy atom. The van der Waals surface area contributed by atoms with Crippen LogP contribution in [0.2, 0.25) is 0 Å². The van der Waals surface area contributed by atoms with E-state index in [0.29, 0.717) is 6.04 Å². The number of hydrogen-bond donors (Lipinski definition) is 3. The van der Waals surface area contributed by atoms with Crippen molar-refractivity contribution >= 4 is 11.9 Å². The first-order chi connectivity index (χ1) is 14.0. The Morgan fingerprint density at radius 3 is 2.90 bits per heavy atom. The molecule has 2 spiro atoms. The maximum Gasteiger partial charge on any atom is 0.350 e. The number of allylic oxidation sites excluding steroid dienone is 1. The molecule has 0 radical (unpaired) electrons. The summed E-state index contributed by atoms with van der Waals surface area (Å²) in [6, 6.07) is 0.273. The Bertz CT molecular complexity index is 752. The molecule has 0 aromatic heterocycles. The number of rotatable bonds is 2. The van der Waals surface area contributed by atoms with Gasteiger partial charge in [-0.15, -0.1) is 0 Å². The fourth-order valence-electron chi connectivity index (χ4n) is 6.41. The number of guanidine groups is 1. The van der Waals surface area contributed by atoms with Crippen molar-refractivity contribution in [2.75, 3.05) is 0 Å². The number of carboxylic acids is 1. The zero-order chi connectivity index (χ0) is 20.2. The number of aliphatic carboxylic acids is 1. The van der Waals surface area contributed by atoms with E-state index in [4.69, 9.17) is 9.47 Å². The minimum atomic E-state index is -0.840. The fourth-order valence-corrected chi connectivity index (χ4v) is 6.41. The summed E-state index contributed by atoms with van der Waals surface area (Å²) in [4.78, 5) is 12.4. The third-order valence-electron chi connectivity index (χ3n) is 7.61. The molecule has 5 aliphatic heterocycles. The van der Waals surface area contributed by atoms with E-state index in [2.05, 4.69) is 41.2 Å². The van der Waals surface area contributed by atoms with Crippen molar-refractivity contribution in [1.82, 2.24) is 10.6 Å². The van der Waals surface area contributed by atoms with Gasteiger partial charge in [0, 0.05) is 19.3 Å². The van der Waals surface area contributed by atoms with Gasteiger partial charge in [0.05, 0.1) is 24.3 Å².